The second-order valence-electron chi connectivity index (χ2n) is 11.7. The lowest BCUT2D eigenvalue weighted by Crippen LogP contribution is -2.49. The molecule has 30 heavy (non-hydrogen) atoms. The maximum absolute atomic E-state index is 5.50. The minimum Gasteiger partial charge on any atom is -0.384 e. The lowest BCUT2D eigenvalue weighted by atomic mass is 9.49. The molecule has 4 aliphatic rings. The first-order valence-corrected chi connectivity index (χ1v) is 12.7. The third kappa shape index (κ3) is 3.53. The average molecular weight is 415 g/mol. The van der Waals surface area contributed by atoms with Crippen LogP contribution in [0.1, 0.15) is 77.5 Å². The van der Waals surface area contributed by atoms with Gasteiger partial charge in [-0.2, -0.15) is 4.80 Å². The van der Waals surface area contributed by atoms with Crippen LogP contribution in [0.15, 0.2) is 0 Å². The molecule has 0 saturated heterocycles. The van der Waals surface area contributed by atoms with Crippen LogP contribution in [0, 0.1) is 59.7 Å². The lowest BCUT2D eigenvalue weighted by Gasteiger charge is -2.56. The molecule has 5 nitrogen and oxygen atoms in total. The van der Waals surface area contributed by atoms with Crippen molar-refractivity contribution in [1.82, 2.24) is 20.2 Å². The van der Waals surface area contributed by atoms with Gasteiger partial charge in [-0.05, 0) is 123 Å². The molecular weight excluding hydrogens is 372 g/mol. The Morgan fingerprint density at radius 2 is 1.90 bits per heavy atom. The van der Waals surface area contributed by atoms with E-state index in [0.717, 1.165) is 60.4 Å². The summed E-state index contributed by atoms with van der Waals surface area (Å²) in [6.45, 7) is 8.94. The fourth-order valence-corrected chi connectivity index (χ4v) is 9.10. The lowest BCUT2D eigenvalue weighted by molar-refractivity contribution is -0.0779. The molecule has 0 spiro atoms. The van der Waals surface area contributed by atoms with Crippen molar-refractivity contribution in [1.29, 1.82) is 0 Å². The molecule has 5 heteroatoms. The molecule has 0 amide bonds. The van der Waals surface area contributed by atoms with Crippen LogP contribution in [0.25, 0.3) is 0 Å². The normalized spacial score (nSPS) is 44.2. The maximum Gasteiger partial charge on any atom is 0.171 e. The van der Waals surface area contributed by atoms with Gasteiger partial charge in [-0.3, -0.25) is 0 Å². The second-order valence-corrected chi connectivity index (χ2v) is 11.7. The zero-order valence-electron chi connectivity index (χ0n) is 19.6. The van der Waals surface area contributed by atoms with Crippen molar-refractivity contribution < 1.29 is 4.74 Å². The van der Waals surface area contributed by atoms with Crippen LogP contribution >= 0.6 is 0 Å². The Morgan fingerprint density at radius 3 is 2.67 bits per heavy atom. The first kappa shape index (κ1) is 20.9. The molecule has 9 atom stereocenters. The van der Waals surface area contributed by atoms with E-state index in [1.807, 2.05) is 18.8 Å². The summed E-state index contributed by atoms with van der Waals surface area (Å²) in [5.74, 6) is 8.01. The molecule has 0 aromatic carbocycles. The van der Waals surface area contributed by atoms with Crippen LogP contribution in [-0.2, 0) is 11.3 Å². The number of hydrogen-bond donors (Lipinski definition) is 0. The van der Waals surface area contributed by atoms with E-state index in [1.54, 1.807) is 0 Å². The minimum absolute atomic E-state index is 0.524. The van der Waals surface area contributed by atoms with Gasteiger partial charge in [0.1, 0.15) is 0 Å². The Balaban J connectivity index is 1.27. The van der Waals surface area contributed by atoms with Crippen molar-refractivity contribution in [2.24, 2.45) is 52.8 Å². The molecule has 0 N–H and O–H groups in total. The minimum atomic E-state index is 0.524. The largest absolute Gasteiger partial charge is 0.384 e. The van der Waals surface area contributed by atoms with Gasteiger partial charge in [-0.25, -0.2) is 0 Å². The molecule has 4 saturated carbocycles. The van der Waals surface area contributed by atoms with E-state index in [4.69, 9.17) is 4.74 Å². The smallest absolute Gasteiger partial charge is 0.171 e. The van der Waals surface area contributed by atoms with Crippen molar-refractivity contribution in [3.05, 3.63) is 5.82 Å². The Kier molecular flexibility index (Phi) is 5.70. The second kappa shape index (κ2) is 8.18. The molecular formula is C25H42N4O. The Bertz CT molecular complexity index is 734. The fourth-order valence-electron chi connectivity index (χ4n) is 9.10. The summed E-state index contributed by atoms with van der Waals surface area (Å²) in [5, 5.41) is 12.8. The van der Waals surface area contributed by atoms with Crippen LogP contribution in [-0.4, -0.2) is 33.9 Å². The highest BCUT2D eigenvalue weighted by Gasteiger charge is 2.57. The first-order valence-electron chi connectivity index (χ1n) is 12.7. The van der Waals surface area contributed by atoms with Crippen molar-refractivity contribution in [3.8, 4) is 0 Å². The maximum atomic E-state index is 5.50. The number of rotatable bonds is 5. The molecule has 0 radical (unpaired) electrons. The molecule has 0 aliphatic heterocycles. The summed E-state index contributed by atoms with van der Waals surface area (Å²) in [6, 6.07) is 0. The van der Waals surface area contributed by atoms with Gasteiger partial charge in [0, 0.05) is 13.7 Å². The van der Waals surface area contributed by atoms with Crippen molar-refractivity contribution in [2.75, 3.05) is 13.7 Å². The molecule has 1 aromatic heterocycles. The Hall–Kier alpha value is -0.970. The zero-order chi connectivity index (χ0) is 20.9. The number of ether oxygens (including phenoxy) is 1. The van der Waals surface area contributed by atoms with Crippen LogP contribution in [0.5, 0.6) is 0 Å². The summed E-state index contributed by atoms with van der Waals surface area (Å²) in [5.41, 5.74) is 0.524. The van der Waals surface area contributed by atoms with Crippen molar-refractivity contribution in [3.63, 3.8) is 0 Å². The summed E-state index contributed by atoms with van der Waals surface area (Å²) < 4.78 is 5.50. The number of aryl methyl sites for hydroxylation is 1. The van der Waals surface area contributed by atoms with Gasteiger partial charge in [0.2, 0.25) is 0 Å². The van der Waals surface area contributed by atoms with E-state index in [2.05, 4.69) is 29.3 Å². The van der Waals surface area contributed by atoms with E-state index in [1.165, 1.54) is 57.8 Å². The molecule has 4 fully saturated rings. The van der Waals surface area contributed by atoms with Crippen LogP contribution < -0.4 is 0 Å². The van der Waals surface area contributed by atoms with Gasteiger partial charge in [0.05, 0.1) is 6.54 Å². The highest BCUT2D eigenvalue weighted by Crippen LogP contribution is 2.65. The summed E-state index contributed by atoms with van der Waals surface area (Å²) in [6.07, 6.45) is 13.1. The number of fused-ring (bicyclic) bond motifs is 5. The van der Waals surface area contributed by atoms with Crippen LogP contribution in [0.3, 0.4) is 0 Å². The number of methoxy groups -OCH3 is 1. The van der Waals surface area contributed by atoms with Crippen LogP contribution in [0.4, 0.5) is 0 Å². The quantitative estimate of drug-likeness (QED) is 0.669. The number of aromatic nitrogens is 4. The van der Waals surface area contributed by atoms with E-state index in [-0.39, 0.29) is 0 Å². The third-order valence-electron chi connectivity index (χ3n) is 10.2. The highest BCUT2D eigenvalue weighted by molar-refractivity contribution is 5.06. The average Bonchev–Trinajstić information content (AvgIpc) is 3.30. The predicted molar refractivity (Wildman–Crippen MR) is 118 cm³/mol. The van der Waals surface area contributed by atoms with E-state index >= 15 is 0 Å². The van der Waals surface area contributed by atoms with Crippen molar-refractivity contribution in [2.45, 2.75) is 85.1 Å². The van der Waals surface area contributed by atoms with Gasteiger partial charge in [0.15, 0.2) is 5.82 Å². The molecule has 1 aromatic rings. The van der Waals surface area contributed by atoms with Gasteiger partial charge >= 0.3 is 0 Å². The van der Waals surface area contributed by atoms with E-state index in [0.29, 0.717) is 11.3 Å². The third-order valence-corrected chi connectivity index (χ3v) is 10.2. The SMILES string of the molecule is COC[C@H]1CC[C@@H]2C3CC[C@@]4(C)C(CCC4[C@@H](C)Cn4nnc(C)n4)[C@@H]3CC[C@@H]2C1. The van der Waals surface area contributed by atoms with Gasteiger partial charge < -0.3 is 4.74 Å². The first-order chi connectivity index (χ1) is 14.5. The molecule has 5 rings (SSSR count). The van der Waals surface area contributed by atoms with Gasteiger partial charge in [0.25, 0.3) is 0 Å². The predicted octanol–water partition coefficient (Wildman–Crippen LogP) is 5.15. The van der Waals surface area contributed by atoms with Crippen molar-refractivity contribution >= 4 is 0 Å². The molecule has 168 valence electrons. The monoisotopic (exact) mass is 414 g/mol. The molecule has 4 aliphatic carbocycles. The summed E-state index contributed by atoms with van der Waals surface area (Å²) >= 11 is 0. The topological polar surface area (TPSA) is 52.8 Å². The van der Waals surface area contributed by atoms with Gasteiger partial charge in [-0.15, -0.1) is 10.2 Å². The molecule has 3 unspecified atom stereocenters. The molecule has 1 heterocycles. The number of nitrogens with zero attached hydrogens (tertiary/aromatic N) is 4. The highest BCUT2D eigenvalue weighted by atomic mass is 16.5. The Morgan fingerprint density at radius 1 is 1.07 bits per heavy atom. The summed E-state index contributed by atoms with van der Waals surface area (Å²) in [7, 11) is 1.88. The fraction of sp³-hybridized carbons (Fsp3) is 0.960. The Labute approximate surface area is 182 Å². The van der Waals surface area contributed by atoms with Crippen LogP contribution in [0.2, 0.25) is 0 Å². The molecule has 0 bridgehead atoms. The standard InChI is InChI=1S/C25H42N4O/c1-16(14-29-27-17(2)26-28-29)23-9-10-24-22-8-6-19-13-18(15-30-4)5-7-20(19)21(22)11-12-25(23,24)3/h16,18-24H,5-15H2,1-4H3/t16-,18-,19+,20-,21?,22+,23?,24?,25+/m0/s1. The number of hydrogen-bond acceptors (Lipinski definition) is 4. The summed E-state index contributed by atoms with van der Waals surface area (Å²) in [4.78, 5) is 1.84. The van der Waals surface area contributed by atoms with Gasteiger partial charge in [-0.1, -0.05) is 13.8 Å². The zero-order valence-corrected chi connectivity index (χ0v) is 19.6. The van der Waals surface area contributed by atoms with E-state index in [9.17, 15) is 0 Å². The van der Waals surface area contributed by atoms with E-state index < -0.39 is 0 Å². The number of tetrazole rings is 1.